The molecule has 2 aromatic carbocycles. The standard InChI is InChI=1S/C14H11ClF2N2O/c15-13-9(2-1-3-12(13)20-14(16)17)8-4-5-10-11(6-8)19-7-18-10/h1-6,14,18-19H,7H2. The summed E-state index contributed by atoms with van der Waals surface area (Å²) in [5.41, 5.74) is 3.45. The van der Waals surface area contributed by atoms with Crippen molar-refractivity contribution in [2.75, 3.05) is 17.3 Å². The van der Waals surface area contributed by atoms with Crippen molar-refractivity contribution in [2.45, 2.75) is 6.61 Å². The van der Waals surface area contributed by atoms with E-state index in [9.17, 15) is 8.78 Å². The van der Waals surface area contributed by atoms with Crippen LogP contribution in [-0.4, -0.2) is 13.3 Å². The molecule has 6 heteroatoms. The Morgan fingerprint density at radius 1 is 1.10 bits per heavy atom. The summed E-state index contributed by atoms with van der Waals surface area (Å²) in [5, 5.41) is 6.51. The molecule has 2 aromatic rings. The molecule has 104 valence electrons. The third-order valence-corrected chi connectivity index (χ3v) is 3.46. The summed E-state index contributed by atoms with van der Waals surface area (Å²) >= 11 is 6.14. The van der Waals surface area contributed by atoms with Crippen molar-refractivity contribution in [3.8, 4) is 16.9 Å². The van der Waals surface area contributed by atoms with Crippen LogP contribution in [-0.2, 0) is 0 Å². The Morgan fingerprint density at radius 2 is 1.90 bits per heavy atom. The zero-order valence-electron chi connectivity index (χ0n) is 10.3. The van der Waals surface area contributed by atoms with Gasteiger partial charge in [0.05, 0.1) is 23.1 Å². The zero-order valence-corrected chi connectivity index (χ0v) is 11.0. The first-order valence-corrected chi connectivity index (χ1v) is 6.38. The van der Waals surface area contributed by atoms with Gasteiger partial charge in [-0.1, -0.05) is 29.8 Å². The van der Waals surface area contributed by atoms with E-state index in [1.165, 1.54) is 6.07 Å². The average molecular weight is 297 g/mol. The molecule has 20 heavy (non-hydrogen) atoms. The van der Waals surface area contributed by atoms with Crippen LogP contribution in [0.4, 0.5) is 20.2 Å². The molecular formula is C14H11ClF2N2O. The third-order valence-electron chi connectivity index (χ3n) is 3.07. The number of halogens is 3. The second kappa shape index (κ2) is 5.17. The maximum atomic E-state index is 12.3. The fraction of sp³-hybridized carbons (Fsp3) is 0.143. The lowest BCUT2D eigenvalue weighted by Gasteiger charge is -2.11. The van der Waals surface area contributed by atoms with Crippen LogP contribution in [0.3, 0.4) is 0 Å². The van der Waals surface area contributed by atoms with Crippen LogP contribution in [0.25, 0.3) is 11.1 Å². The number of rotatable bonds is 3. The van der Waals surface area contributed by atoms with Crippen molar-refractivity contribution in [1.29, 1.82) is 0 Å². The maximum Gasteiger partial charge on any atom is 0.387 e. The summed E-state index contributed by atoms with van der Waals surface area (Å²) in [6.45, 7) is -2.23. The topological polar surface area (TPSA) is 33.3 Å². The minimum absolute atomic E-state index is 0.0225. The zero-order chi connectivity index (χ0) is 14.1. The predicted molar refractivity (Wildman–Crippen MR) is 75.6 cm³/mol. The Bertz CT molecular complexity index is 649. The lowest BCUT2D eigenvalue weighted by atomic mass is 10.0. The van der Waals surface area contributed by atoms with E-state index in [1.807, 2.05) is 18.2 Å². The first-order valence-electron chi connectivity index (χ1n) is 6.00. The van der Waals surface area contributed by atoms with Gasteiger partial charge in [-0.3, -0.25) is 0 Å². The molecule has 0 amide bonds. The van der Waals surface area contributed by atoms with Crippen molar-refractivity contribution in [3.05, 3.63) is 41.4 Å². The van der Waals surface area contributed by atoms with Crippen LogP contribution in [0.5, 0.6) is 5.75 Å². The van der Waals surface area contributed by atoms with E-state index in [-0.39, 0.29) is 10.8 Å². The highest BCUT2D eigenvalue weighted by atomic mass is 35.5. The molecule has 0 atom stereocenters. The first kappa shape index (κ1) is 13.0. The van der Waals surface area contributed by atoms with Gasteiger partial charge in [0.1, 0.15) is 5.75 Å². The van der Waals surface area contributed by atoms with Gasteiger partial charge in [0.2, 0.25) is 0 Å². The van der Waals surface area contributed by atoms with Gasteiger partial charge >= 0.3 is 6.61 Å². The van der Waals surface area contributed by atoms with Crippen LogP contribution < -0.4 is 15.4 Å². The Balaban J connectivity index is 2.02. The summed E-state index contributed by atoms with van der Waals surface area (Å²) in [7, 11) is 0. The van der Waals surface area contributed by atoms with Crippen LogP contribution >= 0.6 is 11.6 Å². The normalized spacial score (nSPS) is 12.8. The van der Waals surface area contributed by atoms with Gasteiger partial charge < -0.3 is 15.4 Å². The molecule has 0 spiro atoms. The van der Waals surface area contributed by atoms with E-state index < -0.39 is 6.61 Å². The average Bonchev–Trinajstić information content (AvgIpc) is 2.88. The minimum atomic E-state index is -2.89. The third kappa shape index (κ3) is 2.36. The van der Waals surface area contributed by atoms with Gasteiger partial charge in [0.15, 0.2) is 0 Å². The van der Waals surface area contributed by atoms with Crippen molar-refractivity contribution in [3.63, 3.8) is 0 Å². The van der Waals surface area contributed by atoms with Gasteiger partial charge in [-0.15, -0.1) is 0 Å². The van der Waals surface area contributed by atoms with Crippen molar-refractivity contribution in [2.24, 2.45) is 0 Å². The summed E-state index contributed by atoms with van der Waals surface area (Å²) < 4.78 is 29.0. The lowest BCUT2D eigenvalue weighted by Crippen LogP contribution is -2.02. The smallest absolute Gasteiger partial charge is 0.387 e. The number of anilines is 2. The Labute approximate surface area is 119 Å². The van der Waals surface area contributed by atoms with E-state index in [0.717, 1.165) is 16.9 Å². The van der Waals surface area contributed by atoms with E-state index in [0.29, 0.717) is 12.2 Å². The second-order valence-corrected chi connectivity index (χ2v) is 4.66. The number of alkyl halides is 2. The molecule has 0 radical (unpaired) electrons. The highest BCUT2D eigenvalue weighted by Crippen LogP contribution is 2.38. The maximum absolute atomic E-state index is 12.3. The molecule has 0 aromatic heterocycles. The Kier molecular flexibility index (Phi) is 3.36. The molecule has 1 aliphatic rings. The molecule has 0 fully saturated rings. The van der Waals surface area contributed by atoms with E-state index in [4.69, 9.17) is 11.6 Å². The summed E-state index contributed by atoms with van der Waals surface area (Å²) in [6, 6.07) is 10.5. The molecule has 3 nitrogen and oxygen atoms in total. The summed E-state index contributed by atoms with van der Waals surface area (Å²) in [5.74, 6) is -0.0225. The molecule has 2 N–H and O–H groups in total. The fourth-order valence-corrected chi connectivity index (χ4v) is 2.45. The number of ether oxygens (including phenoxy) is 1. The van der Waals surface area contributed by atoms with Crippen molar-refractivity contribution < 1.29 is 13.5 Å². The predicted octanol–water partition coefficient (Wildman–Crippen LogP) is 4.40. The largest absolute Gasteiger partial charge is 0.433 e. The molecule has 1 aliphatic heterocycles. The number of nitrogens with one attached hydrogen (secondary N) is 2. The van der Waals surface area contributed by atoms with Gasteiger partial charge in [-0.25, -0.2) is 0 Å². The highest BCUT2D eigenvalue weighted by molar-refractivity contribution is 6.34. The van der Waals surface area contributed by atoms with Crippen LogP contribution in [0.1, 0.15) is 0 Å². The molecule has 0 unspecified atom stereocenters. The van der Waals surface area contributed by atoms with Gasteiger partial charge in [-0.05, 0) is 23.8 Å². The van der Waals surface area contributed by atoms with E-state index in [1.54, 1.807) is 12.1 Å². The van der Waals surface area contributed by atoms with Gasteiger partial charge in [-0.2, -0.15) is 8.78 Å². The fourth-order valence-electron chi connectivity index (χ4n) is 2.17. The van der Waals surface area contributed by atoms with Crippen molar-refractivity contribution >= 4 is 23.0 Å². The SMILES string of the molecule is FC(F)Oc1cccc(-c2ccc3c(c2)NCN3)c1Cl. The number of hydrogen-bond donors (Lipinski definition) is 2. The summed E-state index contributed by atoms with van der Waals surface area (Å²) in [6.07, 6.45) is 0. The molecule has 3 rings (SSSR count). The van der Waals surface area contributed by atoms with Gasteiger partial charge in [0.25, 0.3) is 0 Å². The minimum Gasteiger partial charge on any atom is -0.433 e. The van der Waals surface area contributed by atoms with Crippen LogP contribution in [0.15, 0.2) is 36.4 Å². The van der Waals surface area contributed by atoms with E-state index in [2.05, 4.69) is 15.4 Å². The molecule has 1 heterocycles. The molecule has 0 saturated heterocycles. The first-order chi connectivity index (χ1) is 9.65. The Hall–Kier alpha value is -2.01. The number of hydrogen-bond acceptors (Lipinski definition) is 3. The van der Waals surface area contributed by atoms with E-state index >= 15 is 0 Å². The summed E-state index contributed by atoms with van der Waals surface area (Å²) in [4.78, 5) is 0. The lowest BCUT2D eigenvalue weighted by molar-refractivity contribution is -0.0497. The molecular weight excluding hydrogens is 286 g/mol. The number of benzene rings is 2. The Morgan fingerprint density at radius 3 is 2.70 bits per heavy atom. The van der Waals surface area contributed by atoms with Crippen molar-refractivity contribution in [1.82, 2.24) is 0 Å². The number of fused-ring (bicyclic) bond motifs is 1. The second-order valence-electron chi connectivity index (χ2n) is 4.29. The van der Waals surface area contributed by atoms with Gasteiger partial charge in [0, 0.05) is 5.56 Å². The van der Waals surface area contributed by atoms with Crippen LogP contribution in [0, 0.1) is 0 Å². The monoisotopic (exact) mass is 296 g/mol. The molecule has 0 bridgehead atoms. The van der Waals surface area contributed by atoms with Crippen LogP contribution in [0.2, 0.25) is 5.02 Å². The molecule has 0 saturated carbocycles. The highest BCUT2D eigenvalue weighted by Gasteiger charge is 2.15. The quantitative estimate of drug-likeness (QED) is 0.880. The molecule has 0 aliphatic carbocycles.